The number of nitrogens with one attached hydrogen (secondary N) is 1. The van der Waals surface area contributed by atoms with E-state index in [1.807, 2.05) is 30.3 Å². The van der Waals surface area contributed by atoms with Crippen LogP contribution in [0.3, 0.4) is 0 Å². The van der Waals surface area contributed by atoms with Crippen molar-refractivity contribution in [1.82, 2.24) is 19.7 Å². The van der Waals surface area contributed by atoms with Gasteiger partial charge in [-0.25, -0.2) is 4.98 Å². The van der Waals surface area contributed by atoms with Crippen LogP contribution in [0.15, 0.2) is 55.1 Å². The first-order valence-corrected chi connectivity index (χ1v) is 10.5. The van der Waals surface area contributed by atoms with E-state index in [2.05, 4.69) is 65.0 Å². The molecule has 0 unspecified atom stereocenters. The van der Waals surface area contributed by atoms with Crippen molar-refractivity contribution in [2.45, 2.75) is 26.7 Å². The van der Waals surface area contributed by atoms with Gasteiger partial charge in [-0.15, -0.1) is 0 Å². The van der Waals surface area contributed by atoms with Crippen LogP contribution in [0.2, 0.25) is 0 Å². The van der Waals surface area contributed by atoms with Gasteiger partial charge in [0.1, 0.15) is 5.82 Å². The summed E-state index contributed by atoms with van der Waals surface area (Å²) in [4.78, 5) is 7.18. The normalized spacial score (nSPS) is 15.9. The number of aryl methyl sites for hydroxylation is 1. The van der Waals surface area contributed by atoms with E-state index in [1.165, 1.54) is 17.5 Å². The fourth-order valence-corrected chi connectivity index (χ4v) is 4.21. The molecule has 1 aliphatic rings. The molecule has 0 radical (unpaired) electrons. The fraction of sp³-hybridized carbons (Fsp3) is 0.417. The number of rotatable bonds is 6. The van der Waals surface area contributed by atoms with Crippen LogP contribution in [0.5, 0.6) is 0 Å². The zero-order valence-corrected chi connectivity index (χ0v) is 17.7. The standard InChI is InChI=1S/C24H31N5/c1-17(2)15-29-9-7-19(8-10-29)18(3)27-24-12-22-11-20(5-6-21(22)13-25-24)23-14-26-28(4)16-23/h5-6,11-14,16-17,19H,3,7-10,15H2,1-2,4H3,(H,25,27). The van der Waals surface area contributed by atoms with Crippen molar-refractivity contribution in [3.8, 4) is 11.1 Å². The Hall–Kier alpha value is -2.66. The number of pyridine rings is 1. The Morgan fingerprint density at radius 1 is 1.14 bits per heavy atom. The summed E-state index contributed by atoms with van der Waals surface area (Å²) < 4.78 is 1.83. The lowest BCUT2D eigenvalue weighted by molar-refractivity contribution is 0.181. The molecule has 152 valence electrons. The molecule has 1 fully saturated rings. The lowest BCUT2D eigenvalue weighted by atomic mass is 9.93. The van der Waals surface area contributed by atoms with Crippen molar-refractivity contribution >= 4 is 16.6 Å². The number of hydrogen-bond acceptors (Lipinski definition) is 4. The molecule has 0 spiro atoms. The summed E-state index contributed by atoms with van der Waals surface area (Å²) in [5, 5.41) is 10.1. The number of anilines is 1. The second-order valence-electron chi connectivity index (χ2n) is 8.65. The van der Waals surface area contributed by atoms with Gasteiger partial charge in [0.05, 0.1) is 6.20 Å². The Balaban J connectivity index is 1.44. The number of hydrogen-bond donors (Lipinski definition) is 1. The van der Waals surface area contributed by atoms with Crippen LogP contribution < -0.4 is 5.32 Å². The van der Waals surface area contributed by atoms with E-state index in [1.54, 1.807) is 0 Å². The second kappa shape index (κ2) is 8.37. The monoisotopic (exact) mass is 389 g/mol. The van der Waals surface area contributed by atoms with Crippen LogP contribution in [0.1, 0.15) is 26.7 Å². The molecule has 0 bridgehead atoms. The van der Waals surface area contributed by atoms with Crippen LogP contribution in [0, 0.1) is 11.8 Å². The molecule has 0 amide bonds. The number of aromatic nitrogens is 3. The Bertz CT molecular complexity index is 995. The summed E-state index contributed by atoms with van der Waals surface area (Å²) in [6, 6.07) is 8.56. The summed E-state index contributed by atoms with van der Waals surface area (Å²) in [5.41, 5.74) is 3.38. The molecule has 1 N–H and O–H groups in total. The van der Waals surface area contributed by atoms with Gasteiger partial charge in [-0.2, -0.15) is 5.10 Å². The van der Waals surface area contributed by atoms with Crippen LogP contribution >= 0.6 is 0 Å². The van der Waals surface area contributed by atoms with Gasteiger partial charge >= 0.3 is 0 Å². The zero-order chi connectivity index (χ0) is 20.4. The third-order valence-electron chi connectivity index (χ3n) is 5.75. The SMILES string of the molecule is C=C(Nc1cc2cc(-c3cnn(C)c3)ccc2cn1)C1CCN(CC(C)C)CC1. The Labute approximate surface area is 173 Å². The van der Waals surface area contributed by atoms with Gasteiger partial charge in [0, 0.05) is 48.6 Å². The first kappa shape index (κ1) is 19.6. The van der Waals surface area contributed by atoms with E-state index >= 15 is 0 Å². The number of likely N-dealkylation sites (tertiary alicyclic amines) is 1. The van der Waals surface area contributed by atoms with Gasteiger partial charge in [0.2, 0.25) is 0 Å². The van der Waals surface area contributed by atoms with Crippen LogP contribution in [0.4, 0.5) is 5.82 Å². The van der Waals surface area contributed by atoms with Gasteiger partial charge in [-0.05, 0) is 54.9 Å². The molecule has 0 atom stereocenters. The third kappa shape index (κ3) is 4.67. The lowest BCUT2D eigenvalue weighted by Gasteiger charge is -2.33. The highest BCUT2D eigenvalue weighted by molar-refractivity contribution is 5.88. The van der Waals surface area contributed by atoms with Crippen molar-refractivity contribution in [3.63, 3.8) is 0 Å². The van der Waals surface area contributed by atoms with Crippen molar-refractivity contribution in [3.05, 3.63) is 55.1 Å². The van der Waals surface area contributed by atoms with Crippen LogP contribution in [0.25, 0.3) is 21.9 Å². The average Bonchev–Trinajstić information content (AvgIpc) is 3.14. The van der Waals surface area contributed by atoms with Gasteiger partial charge in [0.25, 0.3) is 0 Å². The highest BCUT2D eigenvalue weighted by atomic mass is 15.2. The van der Waals surface area contributed by atoms with E-state index < -0.39 is 0 Å². The molecule has 4 rings (SSSR count). The molecule has 29 heavy (non-hydrogen) atoms. The quantitative estimate of drug-likeness (QED) is 0.649. The van der Waals surface area contributed by atoms with E-state index in [0.29, 0.717) is 5.92 Å². The van der Waals surface area contributed by atoms with Crippen molar-refractivity contribution in [1.29, 1.82) is 0 Å². The third-order valence-corrected chi connectivity index (χ3v) is 5.75. The minimum atomic E-state index is 0.512. The predicted octanol–water partition coefficient (Wildman–Crippen LogP) is 4.93. The first-order valence-electron chi connectivity index (χ1n) is 10.5. The molecule has 0 aliphatic carbocycles. The van der Waals surface area contributed by atoms with E-state index in [0.717, 1.165) is 54.3 Å². The van der Waals surface area contributed by atoms with Gasteiger partial charge in [0.15, 0.2) is 0 Å². The molecule has 3 heterocycles. The molecular formula is C24H31N5. The highest BCUT2D eigenvalue weighted by Gasteiger charge is 2.22. The van der Waals surface area contributed by atoms with E-state index in [9.17, 15) is 0 Å². The number of benzene rings is 1. The lowest BCUT2D eigenvalue weighted by Crippen LogP contribution is -2.37. The number of piperidine rings is 1. The highest BCUT2D eigenvalue weighted by Crippen LogP contribution is 2.28. The van der Waals surface area contributed by atoms with Crippen LogP contribution in [-0.2, 0) is 7.05 Å². The first-order chi connectivity index (χ1) is 14.0. The number of allylic oxidation sites excluding steroid dienone is 1. The second-order valence-corrected chi connectivity index (χ2v) is 8.65. The average molecular weight is 390 g/mol. The minimum Gasteiger partial charge on any atom is -0.344 e. The summed E-state index contributed by atoms with van der Waals surface area (Å²) in [7, 11) is 1.94. The Morgan fingerprint density at radius 2 is 1.93 bits per heavy atom. The van der Waals surface area contributed by atoms with Gasteiger partial charge in [-0.3, -0.25) is 4.68 Å². The molecule has 1 aromatic carbocycles. The van der Waals surface area contributed by atoms with E-state index in [-0.39, 0.29) is 0 Å². The maximum Gasteiger partial charge on any atom is 0.130 e. The molecule has 3 aromatic rings. The van der Waals surface area contributed by atoms with Gasteiger partial charge in [-0.1, -0.05) is 32.6 Å². The summed E-state index contributed by atoms with van der Waals surface area (Å²) in [6.45, 7) is 12.4. The van der Waals surface area contributed by atoms with Crippen molar-refractivity contribution < 1.29 is 0 Å². The summed E-state index contributed by atoms with van der Waals surface area (Å²) >= 11 is 0. The Morgan fingerprint density at radius 3 is 2.62 bits per heavy atom. The summed E-state index contributed by atoms with van der Waals surface area (Å²) in [6.07, 6.45) is 8.20. The largest absolute Gasteiger partial charge is 0.344 e. The predicted molar refractivity (Wildman–Crippen MR) is 121 cm³/mol. The molecule has 1 aliphatic heterocycles. The maximum atomic E-state index is 4.60. The minimum absolute atomic E-state index is 0.512. The van der Waals surface area contributed by atoms with Crippen molar-refractivity contribution in [2.24, 2.45) is 18.9 Å². The Kier molecular flexibility index (Phi) is 5.67. The molecule has 5 heteroatoms. The molecule has 5 nitrogen and oxygen atoms in total. The number of nitrogens with zero attached hydrogens (tertiary/aromatic N) is 4. The van der Waals surface area contributed by atoms with Gasteiger partial charge < -0.3 is 10.2 Å². The fourth-order valence-electron chi connectivity index (χ4n) is 4.21. The smallest absolute Gasteiger partial charge is 0.130 e. The molecular weight excluding hydrogens is 358 g/mol. The zero-order valence-electron chi connectivity index (χ0n) is 17.7. The molecule has 2 aromatic heterocycles. The topological polar surface area (TPSA) is 46.0 Å². The summed E-state index contributed by atoms with van der Waals surface area (Å²) in [5.74, 6) is 2.11. The molecule has 1 saturated heterocycles. The van der Waals surface area contributed by atoms with Crippen LogP contribution in [-0.4, -0.2) is 39.3 Å². The number of fused-ring (bicyclic) bond motifs is 1. The molecule has 0 saturated carbocycles. The van der Waals surface area contributed by atoms with E-state index in [4.69, 9.17) is 0 Å². The maximum absolute atomic E-state index is 4.60. The van der Waals surface area contributed by atoms with Crippen molar-refractivity contribution in [2.75, 3.05) is 25.0 Å².